The topological polar surface area (TPSA) is 80.6 Å². The third-order valence-electron chi connectivity index (χ3n) is 2.87. The number of aliphatic imine (C=N–C) groups is 1. The van der Waals surface area contributed by atoms with Crippen LogP contribution in [0.2, 0.25) is 0 Å². The van der Waals surface area contributed by atoms with Gasteiger partial charge < -0.3 is 10.2 Å². The van der Waals surface area contributed by atoms with Crippen LogP contribution in [0.1, 0.15) is 10.6 Å². The van der Waals surface area contributed by atoms with Gasteiger partial charge in [0.05, 0.1) is 6.26 Å². The minimum absolute atomic E-state index is 0.132. The summed E-state index contributed by atoms with van der Waals surface area (Å²) in [5.41, 5.74) is 4.54. The Labute approximate surface area is 107 Å². The average Bonchev–Trinajstić information content (AvgIpc) is 3.03. The Hall–Kier alpha value is -2.08. The molecule has 6 heteroatoms. The van der Waals surface area contributed by atoms with Crippen molar-refractivity contribution >= 4 is 23.2 Å². The molecular formula is C12H11N3O2S. The van der Waals surface area contributed by atoms with E-state index in [1.165, 1.54) is 6.26 Å². The number of thiophene rings is 1. The molecular weight excluding hydrogens is 250 g/mol. The van der Waals surface area contributed by atoms with Crippen molar-refractivity contribution in [3.05, 3.63) is 46.5 Å². The number of rotatable bonds is 3. The Morgan fingerprint density at radius 2 is 2.33 bits per heavy atom. The van der Waals surface area contributed by atoms with E-state index in [0.29, 0.717) is 12.2 Å². The van der Waals surface area contributed by atoms with Crippen molar-refractivity contribution in [3.63, 3.8) is 0 Å². The number of hydrogen-bond acceptors (Lipinski definition) is 5. The highest BCUT2D eigenvalue weighted by molar-refractivity contribution is 7.09. The van der Waals surface area contributed by atoms with Gasteiger partial charge in [-0.1, -0.05) is 6.07 Å². The van der Waals surface area contributed by atoms with Gasteiger partial charge in [-0.15, -0.1) is 11.3 Å². The molecule has 18 heavy (non-hydrogen) atoms. The monoisotopic (exact) mass is 261 g/mol. The summed E-state index contributed by atoms with van der Waals surface area (Å²) in [7, 11) is 0. The maximum absolute atomic E-state index is 12.2. The zero-order valence-corrected chi connectivity index (χ0v) is 10.2. The lowest BCUT2D eigenvalue weighted by molar-refractivity contribution is -0.124. The van der Waals surface area contributed by atoms with Gasteiger partial charge in [-0.2, -0.15) is 0 Å². The van der Waals surface area contributed by atoms with Gasteiger partial charge >= 0.3 is 0 Å². The van der Waals surface area contributed by atoms with Gasteiger partial charge in [-0.3, -0.25) is 10.1 Å². The highest BCUT2D eigenvalue weighted by Crippen LogP contribution is 2.34. The molecule has 0 fully saturated rings. The van der Waals surface area contributed by atoms with Crippen LogP contribution in [-0.2, 0) is 16.8 Å². The Morgan fingerprint density at radius 1 is 1.44 bits per heavy atom. The molecule has 1 aliphatic rings. The SMILES string of the molecule is NC1=N[C@](Cc2cccs2)(c2ccco2)C(=O)N1. The van der Waals surface area contributed by atoms with Gasteiger partial charge in [-0.05, 0) is 23.6 Å². The van der Waals surface area contributed by atoms with E-state index in [1.807, 2.05) is 17.5 Å². The number of carbonyl (C=O) groups is 1. The Balaban J connectivity index is 2.07. The molecule has 2 aromatic rings. The van der Waals surface area contributed by atoms with E-state index < -0.39 is 5.54 Å². The highest BCUT2D eigenvalue weighted by atomic mass is 32.1. The molecule has 5 nitrogen and oxygen atoms in total. The van der Waals surface area contributed by atoms with Gasteiger partial charge in [-0.25, -0.2) is 4.99 Å². The maximum Gasteiger partial charge on any atom is 0.262 e. The summed E-state index contributed by atoms with van der Waals surface area (Å²) in [4.78, 5) is 17.5. The second-order valence-corrected chi connectivity index (χ2v) is 5.08. The minimum Gasteiger partial charge on any atom is -0.466 e. The second kappa shape index (κ2) is 3.99. The Kier molecular flexibility index (Phi) is 2.45. The molecule has 3 rings (SSSR count). The van der Waals surface area contributed by atoms with E-state index >= 15 is 0 Å². The molecule has 0 unspecified atom stereocenters. The zero-order chi connectivity index (χ0) is 12.6. The molecule has 1 atom stereocenters. The van der Waals surface area contributed by atoms with E-state index in [2.05, 4.69) is 10.3 Å². The fourth-order valence-corrected chi connectivity index (χ4v) is 2.84. The summed E-state index contributed by atoms with van der Waals surface area (Å²) in [6, 6.07) is 7.39. The molecule has 0 aliphatic carbocycles. The normalized spacial score (nSPS) is 22.9. The van der Waals surface area contributed by atoms with Crippen LogP contribution in [0.4, 0.5) is 0 Å². The van der Waals surface area contributed by atoms with Crippen LogP contribution >= 0.6 is 11.3 Å². The van der Waals surface area contributed by atoms with Crippen molar-refractivity contribution in [1.29, 1.82) is 0 Å². The lowest BCUT2D eigenvalue weighted by Gasteiger charge is -2.19. The predicted octanol–water partition coefficient (Wildman–Crippen LogP) is 1.22. The molecule has 0 aromatic carbocycles. The third-order valence-corrected chi connectivity index (χ3v) is 3.74. The van der Waals surface area contributed by atoms with E-state index in [4.69, 9.17) is 10.2 Å². The first-order valence-corrected chi connectivity index (χ1v) is 6.32. The number of guanidine groups is 1. The van der Waals surface area contributed by atoms with Crippen molar-refractivity contribution in [2.24, 2.45) is 10.7 Å². The standard InChI is InChI=1S/C12H11N3O2S/c13-11-14-10(16)12(15-11,9-4-1-5-17-9)7-8-3-2-6-18-8/h1-6H,7H2,(H3,13,14,15,16)/t12-/m1/s1. The van der Waals surface area contributed by atoms with Crippen molar-refractivity contribution in [1.82, 2.24) is 5.32 Å². The van der Waals surface area contributed by atoms with Crippen molar-refractivity contribution in [3.8, 4) is 0 Å². The number of furan rings is 1. The quantitative estimate of drug-likeness (QED) is 0.871. The van der Waals surface area contributed by atoms with Crippen molar-refractivity contribution < 1.29 is 9.21 Å². The number of carbonyl (C=O) groups excluding carboxylic acids is 1. The molecule has 0 bridgehead atoms. The fraction of sp³-hybridized carbons (Fsp3) is 0.167. The summed E-state index contributed by atoms with van der Waals surface area (Å²) >= 11 is 1.58. The second-order valence-electron chi connectivity index (χ2n) is 4.04. The van der Waals surface area contributed by atoms with Crippen LogP contribution in [-0.4, -0.2) is 11.9 Å². The van der Waals surface area contributed by atoms with Crippen LogP contribution in [0.3, 0.4) is 0 Å². The largest absolute Gasteiger partial charge is 0.466 e. The number of nitrogens with two attached hydrogens (primary N) is 1. The molecule has 1 aliphatic heterocycles. The van der Waals surface area contributed by atoms with Crippen LogP contribution in [0, 0.1) is 0 Å². The number of hydrogen-bond donors (Lipinski definition) is 2. The molecule has 3 heterocycles. The van der Waals surface area contributed by atoms with Gasteiger partial charge in [0, 0.05) is 11.3 Å². The van der Waals surface area contributed by atoms with Gasteiger partial charge in [0.25, 0.3) is 5.91 Å². The number of nitrogens with zero attached hydrogens (tertiary/aromatic N) is 1. The molecule has 0 saturated heterocycles. The highest BCUT2D eigenvalue weighted by Gasteiger charge is 2.47. The Bertz CT molecular complexity index is 589. The average molecular weight is 261 g/mol. The first-order valence-electron chi connectivity index (χ1n) is 5.44. The van der Waals surface area contributed by atoms with Crippen molar-refractivity contribution in [2.45, 2.75) is 12.0 Å². The molecule has 0 saturated carbocycles. The zero-order valence-electron chi connectivity index (χ0n) is 9.42. The summed E-state index contributed by atoms with van der Waals surface area (Å²) in [6.45, 7) is 0. The van der Waals surface area contributed by atoms with Crippen LogP contribution in [0.15, 0.2) is 45.3 Å². The van der Waals surface area contributed by atoms with Crippen LogP contribution in [0.25, 0.3) is 0 Å². The van der Waals surface area contributed by atoms with Crippen LogP contribution < -0.4 is 11.1 Å². The summed E-state index contributed by atoms with van der Waals surface area (Å²) in [5.74, 6) is 0.394. The number of amides is 1. The fourth-order valence-electron chi connectivity index (χ4n) is 2.06. The molecule has 0 radical (unpaired) electrons. The van der Waals surface area contributed by atoms with E-state index in [1.54, 1.807) is 23.5 Å². The summed E-state index contributed by atoms with van der Waals surface area (Å²) in [6.07, 6.45) is 1.98. The third kappa shape index (κ3) is 1.62. The van der Waals surface area contributed by atoms with E-state index in [-0.39, 0.29) is 11.9 Å². The molecule has 3 N–H and O–H groups in total. The summed E-state index contributed by atoms with van der Waals surface area (Å²) in [5, 5.41) is 4.51. The maximum atomic E-state index is 12.2. The minimum atomic E-state index is -1.07. The van der Waals surface area contributed by atoms with Crippen molar-refractivity contribution in [2.75, 3.05) is 0 Å². The van der Waals surface area contributed by atoms with Gasteiger partial charge in [0.1, 0.15) is 5.76 Å². The van der Waals surface area contributed by atoms with Crippen LogP contribution in [0.5, 0.6) is 0 Å². The summed E-state index contributed by atoms with van der Waals surface area (Å²) < 4.78 is 5.37. The lowest BCUT2D eigenvalue weighted by Crippen LogP contribution is -2.40. The lowest BCUT2D eigenvalue weighted by atomic mass is 9.92. The Morgan fingerprint density at radius 3 is 2.89 bits per heavy atom. The molecule has 92 valence electrons. The smallest absolute Gasteiger partial charge is 0.262 e. The van der Waals surface area contributed by atoms with E-state index in [9.17, 15) is 4.79 Å². The predicted molar refractivity (Wildman–Crippen MR) is 68.2 cm³/mol. The first kappa shape index (κ1) is 11.0. The number of nitrogens with one attached hydrogen (secondary N) is 1. The van der Waals surface area contributed by atoms with Gasteiger partial charge in [0.15, 0.2) is 5.96 Å². The molecule has 2 aromatic heterocycles. The van der Waals surface area contributed by atoms with E-state index in [0.717, 1.165) is 4.88 Å². The molecule has 0 spiro atoms. The first-order chi connectivity index (χ1) is 8.71. The molecule has 1 amide bonds. The van der Waals surface area contributed by atoms with Gasteiger partial charge in [0.2, 0.25) is 5.54 Å².